The summed E-state index contributed by atoms with van der Waals surface area (Å²) in [7, 11) is 0. The molecule has 0 spiro atoms. The van der Waals surface area contributed by atoms with Crippen LogP contribution in [0.3, 0.4) is 0 Å². The van der Waals surface area contributed by atoms with Crippen LogP contribution in [-0.4, -0.2) is 38.1 Å². The van der Waals surface area contributed by atoms with Crippen LogP contribution in [0.1, 0.15) is 47.1 Å². The van der Waals surface area contributed by atoms with Gasteiger partial charge in [-0.05, 0) is 31.7 Å². The molecule has 1 saturated carbocycles. The van der Waals surface area contributed by atoms with E-state index in [1.807, 2.05) is 0 Å². The number of carbonyl (C=O) groups is 1. The van der Waals surface area contributed by atoms with Gasteiger partial charge < -0.3 is 14.9 Å². The Balaban J connectivity index is 1.49. The van der Waals surface area contributed by atoms with Crippen LogP contribution in [0.2, 0.25) is 0 Å². The Labute approximate surface area is 127 Å². The van der Waals surface area contributed by atoms with E-state index in [-0.39, 0.29) is 18.0 Å². The molecule has 2 aliphatic rings. The van der Waals surface area contributed by atoms with Crippen LogP contribution in [-0.2, 0) is 12.8 Å². The van der Waals surface area contributed by atoms with Gasteiger partial charge in [-0.25, -0.2) is 0 Å². The van der Waals surface area contributed by atoms with E-state index in [0.29, 0.717) is 12.1 Å². The summed E-state index contributed by atoms with van der Waals surface area (Å²) in [5, 5.41) is 21.0. The molecule has 2 aromatic heterocycles. The van der Waals surface area contributed by atoms with Crippen LogP contribution in [0.5, 0.6) is 0 Å². The maximum Gasteiger partial charge on any atom is 0.274 e. The van der Waals surface area contributed by atoms with E-state index in [9.17, 15) is 9.90 Å². The maximum atomic E-state index is 12.5. The quantitative estimate of drug-likeness (QED) is 0.877. The van der Waals surface area contributed by atoms with Gasteiger partial charge in [0, 0.05) is 24.4 Å². The van der Waals surface area contributed by atoms with Gasteiger partial charge in [-0.15, -0.1) is 0 Å². The van der Waals surface area contributed by atoms with E-state index in [0.717, 1.165) is 37.0 Å². The third kappa shape index (κ3) is 2.12. The highest BCUT2D eigenvalue weighted by atomic mass is 16.5. The smallest absolute Gasteiger partial charge is 0.274 e. The summed E-state index contributed by atoms with van der Waals surface area (Å²) in [5.74, 6) is 0.620. The van der Waals surface area contributed by atoms with E-state index >= 15 is 0 Å². The average molecular weight is 302 g/mol. The standard InChI is InChI=1S/C15H18N4O3/c20-11-8-10(14(11)19-7-3-6-16-19)17-15(21)13-9-4-1-2-5-12(9)22-18-13/h3,6-7,10-11,14,20H,1-2,4-5,8H2,(H,17,21)/t10-,11+,14+/m0/s1. The van der Waals surface area contributed by atoms with E-state index in [1.165, 1.54) is 0 Å². The maximum absolute atomic E-state index is 12.5. The Kier molecular flexibility index (Phi) is 3.22. The molecule has 0 saturated heterocycles. The molecule has 4 rings (SSSR count). The van der Waals surface area contributed by atoms with Gasteiger partial charge in [0.15, 0.2) is 5.69 Å². The molecule has 7 heteroatoms. The summed E-state index contributed by atoms with van der Waals surface area (Å²) in [4.78, 5) is 12.5. The van der Waals surface area contributed by atoms with Crippen molar-refractivity contribution in [3.63, 3.8) is 0 Å². The molecule has 0 unspecified atom stereocenters. The third-order valence-electron chi connectivity index (χ3n) is 4.61. The molecular formula is C15H18N4O3. The Bertz CT molecular complexity index is 679. The van der Waals surface area contributed by atoms with Gasteiger partial charge in [0.2, 0.25) is 0 Å². The lowest BCUT2D eigenvalue weighted by Gasteiger charge is -2.41. The molecule has 2 heterocycles. The fourth-order valence-corrected chi connectivity index (χ4v) is 3.37. The summed E-state index contributed by atoms with van der Waals surface area (Å²) >= 11 is 0. The zero-order valence-electron chi connectivity index (χ0n) is 12.1. The van der Waals surface area contributed by atoms with Gasteiger partial charge in [0.05, 0.1) is 18.2 Å². The normalized spacial score (nSPS) is 27.0. The van der Waals surface area contributed by atoms with Crippen LogP contribution >= 0.6 is 0 Å². The molecule has 116 valence electrons. The number of fused-ring (bicyclic) bond motifs is 1. The monoisotopic (exact) mass is 302 g/mol. The highest BCUT2D eigenvalue weighted by molar-refractivity contribution is 5.94. The first-order valence-corrected chi connectivity index (χ1v) is 7.69. The SMILES string of the molecule is O=C(N[C@H]1C[C@@H](O)[C@@H]1n1cccn1)c1noc2c1CCCC2. The lowest BCUT2D eigenvalue weighted by molar-refractivity contribution is -0.00600. The Morgan fingerprint density at radius 3 is 3.05 bits per heavy atom. The second kappa shape index (κ2) is 5.24. The molecule has 2 N–H and O–H groups in total. The fraction of sp³-hybridized carbons (Fsp3) is 0.533. The molecule has 0 bridgehead atoms. The van der Waals surface area contributed by atoms with Crippen molar-refractivity contribution < 1.29 is 14.4 Å². The number of aliphatic hydroxyl groups is 1. The topological polar surface area (TPSA) is 93.2 Å². The molecular weight excluding hydrogens is 284 g/mol. The van der Waals surface area contributed by atoms with E-state index < -0.39 is 6.10 Å². The number of nitrogens with one attached hydrogen (secondary N) is 1. The van der Waals surface area contributed by atoms with Crippen molar-refractivity contribution in [2.24, 2.45) is 0 Å². The van der Waals surface area contributed by atoms with Crippen LogP contribution < -0.4 is 5.32 Å². The van der Waals surface area contributed by atoms with Gasteiger partial charge >= 0.3 is 0 Å². The molecule has 3 atom stereocenters. The lowest BCUT2D eigenvalue weighted by Crippen LogP contribution is -2.56. The predicted molar refractivity (Wildman–Crippen MR) is 76.3 cm³/mol. The van der Waals surface area contributed by atoms with Crippen molar-refractivity contribution in [2.75, 3.05) is 0 Å². The van der Waals surface area contributed by atoms with E-state index in [1.54, 1.807) is 23.1 Å². The minimum Gasteiger partial charge on any atom is -0.391 e. The summed E-state index contributed by atoms with van der Waals surface area (Å²) in [5.41, 5.74) is 1.34. The van der Waals surface area contributed by atoms with Crippen LogP contribution in [0.15, 0.2) is 23.0 Å². The van der Waals surface area contributed by atoms with Crippen molar-refractivity contribution in [1.29, 1.82) is 0 Å². The van der Waals surface area contributed by atoms with Gasteiger partial charge in [0.25, 0.3) is 5.91 Å². The second-order valence-corrected chi connectivity index (χ2v) is 6.00. The predicted octanol–water partition coefficient (Wildman–Crippen LogP) is 0.854. The van der Waals surface area contributed by atoms with Gasteiger partial charge in [-0.2, -0.15) is 5.10 Å². The summed E-state index contributed by atoms with van der Waals surface area (Å²) in [6, 6.07) is 1.44. The number of aromatic nitrogens is 3. The summed E-state index contributed by atoms with van der Waals surface area (Å²) in [6.45, 7) is 0. The third-order valence-corrected chi connectivity index (χ3v) is 4.61. The second-order valence-electron chi connectivity index (χ2n) is 6.00. The number of hydrogen-bond acceptors (Lipinski definition) is 5. The molecule has 1 amide bonds. The summed E-state index contributed by atoms with van der Waals surface area (Å²) < 4.78 is 6.98. The van der Waals surface area contributed by atoms with Crippen LogP contribution in [0.25, 0.3) is 0 Å². The first-order valence-electron chi connectivity index (χ1n) is 7.69. The molecule has 22 heavy (non-hydrogen) atoms. The van der Waals surface area contributed by atoms with Crippen LogP contribution in [0.4, 0.5) is 0 Å². The molecule has 7 nitrogen and oxygen atoms in total. The molecule has 2 aliphatic carbocycles. The highest BCUT2D eigenvalue weighted by Crippen LogP contribution is 2.33. The van der Waals surface area contributed by atoms with Crippen molar-refractivity contribution in [2.45, 2.75) is 50.3 Å². The molecule has 0 radical (unpaired) electrons. The minimum atomic E-state index is -0.489. The summed E-state index contributed by atoms with van der Waals surface area (Å²) in [6.07, 6.45) is 7.34. The first kappa shape index (κ1) is 13.5. The fourth-order valence-electron chi connectivity index (χ4n) is 3.37. The lowest BCUT2D eigenvalue weighted by atomic mass is 9.83. The van der Waals surface area contributed by atoms with Crippen molar-refractivity contribution in [1.82, 2.24) is 20.3 Å². The number of carbonyl (C=O) groups excluding carboxylic acids is 1. The zero-order chi connectivity index (χ0) is 15.1. The van der Waals surface area contributed by atoms with Crippen molar-refractivity contribution in [3.8, 4) is 0 Å². The number of nitrogens with zero attached hydrogens (tertiary/aromatic N) is 3. The largest absolute Gasteiger partial charge is 0.391 e. The van der Waals surface area contributed by atoms with Crippen molar-refractivity contribution >= 4 is 5.91 Å². The number of rotatable bonds is 3. The Morgan fingerprint density at radius 2 is 2.27 bits per heavy atom. The molecule has 1 fully saturated rings. The molecule has 0 aliphatic heterocycles. The Morgan fingerprint density at radius 1 is 1.41 bits per heavy atom. The van der Waals surface area contributed by atoms with Gasteiger partial charge in [-0.3, -0.25) is 9.48 Å². The zero-order valence-corrected chi connectivity index (χ0v) is 12.1. The molecule has 2 aromatic rings. The van der Waals surface area contributed by atoms with Crippen molar-refractivity contribution in [3.05, 3.63) is 35.5 Å². The van der Waals surface area contributed by atoms with Crippen LogP contribution in [0, 0.1) is 0 Å². The minimum absolute atomic E-state index is 0.140. The number of aryl methyl sites for hydroxylation is 1. The van der Waals surface area contributed by atoms with Gasteiger partial charge in [0.1, 0.15) is 5.76 Å². The van der Waals surface area contributed by atoms with E-state index in [2.05, 4.69) is 15.6 Å². The Hall–Kier alpha value is -2.15. The van der Waals surface area contributed by atoms with Gasteiger partial charge in [-0.1, -0.05) is 5.16 Å². The highest BCUT2D eigenvalue weighted by Gasteiger charge is 2.43. The van der Waals surface area contributed by atoms with E-state index in [4.69, 9.17) is 4.52 Å². The first-order chi connectivity index (χ1) is 10.7. The number of amides is 1. The number of hydrogen-bond donors (Lipinski definition) is 2. The number of aliphatic hydroxyl groups excluding tert-OH is 1. The average Bonchev–Trinajstić information content (AvgIpc) is 3.15. The molecule has 0 aromatic carbocycles.